The molecule has 0 aromatic carbocycles. The Kier molecular flexibility index (Phi) is 4.53. The zero-order valence-electron chi connectivity index (χ0n) is 12.6. The number of ether oxygens (including phenoxy) is 1. The first-order valence-corrected chi connectivity index (χ1v) is 7.26. The molecule has 0 saturated carbocycles. The zero-order valence-corrected chi connectivity index (χ0v) is 12.6. The van der Waals surface area contributed by atoms with E-state index in [1.165, 1.54) is 0 Å². The molecule has 1 aliphatic heterocycles. The lowest BCUT2D eigenvalue weighted by Crippen LogP contribution is -2.19. The third-order valence-corrected chi connectivity index (χ3v) is 3.51. The van der Waals surface area contributed by atoms with Gasteiger partial charge in [-0.2, -0.15) is 18.2 Å². The van der Waals surface area contributed by atoms with E-state index in [9.17, 15) is 23.3 Å². The number of nitrogens with zero attached hydrogens (tertiary/aromatic N) is 4. The molecule has 9 nitrogen and oxygen atoms in total. The van der Waals surface area contributed by atoms with Crippen molar-refractivity contribution in [1.82, 2.24) is 15.1 Å². The molecular weight excluding hydrogens is 347 g/mol. The Hall–Kier alpha value is -2.76. The number of aromatic nitrogens is 3. The Morgan fingerprint density at radius 1 is 1.44 bits per heavy atom. The summed E-state index contributed by atoms with van der Waals surface area (Å²) in [5.41, 5.74) is -0.470. The molecule has 3 rings (SSSR count). The quantitative estimate of drug-likeness (QED) is 0.640. The summed E-state index contributed by atoms with van der Waals surface area (Å²) in [6.45, 7) is 0.980. The maximum Gasteiger partial charge on any atom is 0.471 e. The van der Waals surface area contributed by atoms with Crippen LogP contribution in [0.1, 0.15) is 18.7 Å². The largest absolute Gasteiger partial charge is 0.471 e. The number of nitro groups is 1. The third-order valence-electron chi connectivity index (χ3n) is 3.51. The van der Waals surface area contributed by atoms with Crippen LogP contribution in [0.4, 0.5) is 24.7 Å². The smallest absolute Gasteiger partial charge is 0.376 e. The van der Waals surface area contributed by atoms with Crippen LogP contribution in [0.2, 0.25) is 0 Å². The first-order valence-electron chi connectivity index (χ1n) is 7.26. The molecule has 3 heterocycles. The van der Waals surface area contributed by atoms with Crippen LogP contribution in [0.15, 0.2) is 16.8 Å². The van der Waals surface area contributed by atoms with Crippen LogP contribution in [-0.2, 0) is 10.9 Å². The molecule has 0 radical (unpaired) electrons. The number of alkyl halides is 3. The summed E-state index contributed by atoms with van der Waals surface area (Å²) < 4.78 is 47.0. The molecule has 12 heteroatoms. The minimum atomic E-state index is -4.80. The van der Waals surface area contributed by atoms with Gasteiger partial charge in [0.1, 0.15) is 0 Å². The molecule has 0 amide bonds. The molecule has 1 fully saturated rings. The maximum atomic E-state index is 12.5. The number of nitrogens with one attached hydrogen (secondary N) is 1. The summed E-state index contributed by atoms with van der Waals surface area (Å²) in [5, 5.41) is 17.2. The molecule has 0 spiro atoms. The van der Waals surface area contributed by atoms with Crippen LogP contribution in [0.5, 0.6) is 0 Å². The monoisotopic (exact) mass is 359 g/mol. The van der Waals surface area contributed by atoms with Crippen molar-refractivity contribution in [1.29, 1.82) is 0 Å². The van der Waals surface area contributed by atoms with Gasteiger partial charge in [-0.25, -0.2) is 4.98 Å². The van der Waals surface area contributed by atoms with Gasteiger partial charge in [0.05, 0.1) is 11.0 Å². The molecule has 1 atom stereocenters. The molecule has 0 unspecified atom stereocenters. The summed E-state index contributed by atoms with van der Waals surface area (Å²) in [6, 6.07) is 1.04. The molecule has 1 aliphatic rings. The van der Waals surface area contributed by atoms with E-state index in [0.717, 1.165) is 25.1 Å². The number of anilines is 1. The Morgan fingerprint density at radius 3 is 2.84 bits per heavy atom. The van der Waals surface area contributed by atoms with Gasteiger partial charge in [0.15, 0.2) is 0 Å². The molecule has 1 N–H and O–H groups in total. The second-order valence-electron chi connectivity index (χ2n) is 5.29. The Bertz CT molecular complexity index is 773. The van der Waals surface area contributed by atoms with Crippen LogP contribution in [0.25, 0.3) is 11.4 Å². The van der Waals surface area contributed by atoms with Crippen LogP contribution in [-0.4, -0.2) is 39.3 Å². The first kappa shape index (κ1) is 17.1. The molecule has 2 aromatic rings. The van der Waals surface area contributed by atoms with Crippen molar-refractivity contribution in [2.45, 2.75) is 25.1 Å². The average molecular weight is 359 g/mol. The Balaban J connectivity index is 1.83. The molecular formula is C13H12F3N5O4. The van der Waals surface area contributed by atoms with E-state index in [1.54, 1.807) is 0 Å². The molecule has 0 bridgehead atoms. The standard InChI is InChI=1S/C13H12F3N5O4/c14-13(15,16)12-19-10(20-25-12)7-4-9(21(22)23)11(17-5-7)18-6-8-2-1-3-24-8/h4-5,8H,1-3,6H2,(H,17,18)/t8-/m1/s1. The predicted molar refractivity (Wildman–Crippen MR) is 76.6 cm³/mol. The van der Waals surface area contributed by atoms with Crippen molar-refractivity contribution >= 4 is 11.5 Å². The second-order valence-corrected chi connectivity index (χ2v) is 5.29. The number of pyridine rings is 1. The van der Waals surface area contributed by atoms with E-state index in [0.29, 0.717) is 13.2 Å². The zero-order chi connectivity index (χ0) is 18.0. The molecule has 25 heavy (non-hydrogen) atoms. The van der Waals surface area contributed by atoms with Crippen molar-refractivity contribution in [3.05, 3.63) is 28.3 Å². The van der Waals surface area contributed by atoms with E-state index >= 15 is 0 Å². The van der Waals surface area contributed by atoms with Crippen molar-refractivity contribution in [3.8, 4) is 11.4 Å². The fourth-order valence-corrected chi connectivity index (χ4v) is 2.32. The third kappa shape index (κ3) is 3.84. The van der Waals surface area contributed by atoms with Gasteiger partial charge in [-0.15, -0.1) is 0 Å². The van der Waals surface area contributed by atoms with E-state index < -0.39 is 28.5 Å². The Morgan fingerprint density at radius 2 is 2.24 bits per heavy atom. The molecule has 2 aromatic heterocycles. The maximum absolute atomic E-state index is 12.5. The van der Waals surface area contributed by atoms with Crippen molar-refractivity contribution in [3.63, 3.8) is 0 Å². The van der Waals surface area contributed by atoms with Gasteiger partial charge in [-0.05, 0) is 12.8 Å². The van der Waals surface area contributed by atoms with Gasteiger partial charge in [-0.3, -0.25) is 10.1 Å². The van der Waals surface area contributed by atoms with Gasteiger partial charge in [0, 0.05) is 31.0 Å². The average Bonchev–Trinajstić information content (AvgIpc) is 3.23. The first-order chi connectivity index (χ1) is 11.8. The fraction of sp³-hybridized carbons (Fsp3) is 0.462. The minimum absolute atomic E-state index is 0.0104. The summed E-state index contributed by atoms with van der Waals surface area (Å²) >= 11 is 0. The van der Waals surface area contributed by atoms with E-state index in [-0.39, 0.29) is 17.5 Å². The highest BCUT2D eigenvalue weighted by atomic mass is 19.4. The summed E-state index contributed by atoms with van der Waals surface area (Å²) in [4.78, 5) is 17.6. The van der Waals surface area contributed by atoms with Crippen LogP contribution in [0, 0.1) is 10.1 Å². The van der Waals surface area contributed by atoms with Crippen molar-refractivity contribution in [2.24, 2.45) is 0 Å². The van der Waals surface area contributed by atoms with Crippen LogP contribution >= 0.6 is 0 Å². The SMILES string of the molecule is O=[N+]([O-])c1cc(-c2noc(C(F)(F)F)n2)cnc1NC[C@H]1CCCO1. The highest BCUT2D eigenvalue weighted by molar-refractivity contribution is 5.65. The number of rotatable bonds is 5. The second kappa shape index (κ2) is 6.63. The highest BCUT2D eigenvalue weighted by Gasteiger charge is 2.38. The highest BCUT2D eigenvalue weighted by Crippen LogP contribution is 2.31. The van der Waals surface area contributed by atoms with Gasteiger partial charge in [0.25, 0.3) is 0 Å². The topological polar surface area (TPSA) is 116 Å². The van der Waals surface area contributed by atoms with Crippen molar-refractivity contribution < 1.29 is 27.4 Å². The molecule has 0 aliphatic carbocycles. The number of hydrogen-bond donors (Lipinski definition) is 1. The van der Waals surface area contributed by atoms with Gasteiger partial charge >= 0.3 is 17.8 Å². The molecule has 1 saturated heterocycles. The lowest BCUT2D eigenvalue weighted by molar-refractivity contribution is -0.384. The van der Waals surface area contributed by atoms with Gasteiger partial charge in [-0.1, -0.05) is 5.16 Å². The predicted octanol–water partition coefficient (Wildman–Crippen LogP) is 2.65. The number of halogens is 3. The molecule has 134 valence electrons. The summed E-state index contributed by atoms with van der Waals surface area (Å²) in [6.07, 6.45) is -1.97. The van der Waals surface area contributed by atoms with Crippen LogP contribution in [0.3, 0.4) is 0 Å². The van der Waals surface area contributed by atoms with Gasteiger partial charge in [0.2, 0.25) is 11.6 Å². The minimum Gasteiger partial charge on any atom is -0.376 e. The Labute approximate surface area is 138 Å². The van der Waals surface area contributed by atoms with E-state index in [1.807, 2.05) is 0 Å². The summed E-state index contributed by atoms with van der Waals surface area (Å²) in [5.74, 6) is -1.98. The van der Waals surface area contributed by atoms with E-state index in [2.05, 4.69) is 25.0 Å². The van der Waals surface area contributed by atoms with Crippen LogP contribution < -0.4 is 5.32 Å². The van der Waals surface area contributed by atoms with Crippen molar-refractivity contribution in [2.75, 3.05) is 18.5 Å². The fourth-order valence-electron chi connectivity index (χ4n) is 2.32. The summed E-state index contributed by atoms with van der Waals surface area (Å²) in [7, 11) is 0. The van der Waals surface area contributed by atoms with E-state index in [4.69, 9.17) is 4.74 Å². The van der Waals surface area contributed by atoms with Gasteiger partial charge < -0.3 is 14.6 Å². The normalized spacial score (nSPS) is 17.6. The number of hydrogen-bond acceptors (Lipinski definition) is 8. The lowest BCUT2D eigenvalue weighted by Gasteiger charge is -2.11. The lowest BCUT2D eigenvalue weighted by atomic mass is 10.2.